The van der Waals surface area contributed by atoms with Gasteiger partial charge in [-0.1, -0.05) is 64.4 Å². The van der Waals surface area contributed by atoms with Crippen LogP contribution in [0.1, 0.15) is 102 Å². The topological polar surface area (TPSA) is 23.8 Å². The average molecular weight is 384 g/mol. The minimum Gasteiger partial charge on any atom is -0.206 e. The highest BCUT2D eigenvalue weighted by Gasteiger charge is 2.30. The molecule has 1 nitrogen and oxygen atoms in total. The molecule has 0 spiro atoms. The van der Waals surface area contributed by atoms with E-state index in [0.29, 0.717) is 0 Å². The van der Waals surface area contributed by atoms with Gasteiger partial charge >= 0.3 is 0 Å². The highest BCUT2D eigenvalue weighted by atomic mass is 19.1. The molecule has 0 radical (unpaired) electrons. The number of hydrogen-bond donors (Lipinski definition) is 0. The van der Waals surface area contributed by atoms with Crippen LogP contribution < -0.4 is 0 Å². The first kappa shape index (κ1) is 21.4. The lowest BCUT2D eigenvalue weighted by Gasteiger charge is -2.38. The summed E-state index contributed by atoms with van der Waals surface area (Å²) in [6.45, 7) is 2.33. The maximum Gasteiger partial charge on any atom is 0.141 e. The van der Waals surface area contributed by atoms with Gasteiger partial charge in [0.25, 0.3) is 0 Å². The summed E-state index contributed by atoms with van der Waals surface area (Å²) in [6, 6.07) is 6.95. The molecule has 3 rings (SSSR count). The van der Waals surface area contributed by atoms with Crippen molar-refractivity contribution in [1.82, 2.24) is 0 Å². The van der Waals surface area contributed by atoms with Crippen molar-refractivity contribution in [2.24, 2.45) is 23.7 Å². The molecule has 0 unspecified atom stereocenters. The fourth-order valence-corrected chi connectivity index (χ4v) is 5.87. The maximum atomic E-state index is 13.7. The van der Waals surface area contributed by atoms with Crippen LogP contribution in [0.25, 0.3) is 0 Å². The summed E-state index contributed by atoms with van der Waals surface area (Å²) in [5, 5.41) is 8.81. The highest BCUT2D eigenvalue weighted by Crippen LogP contribution is 2.43. The van der Waals surface area contributed by atoms with Gasteiger partial charge in [0.2, 0.25) is 0 Å². The van der Waals surface area contributed by atoms with Crippen molar-refractivity contribution in [3.8, 4) is 6.07 Å². The average Bonchev–Trinajstić information content (AvgIpc) is 2.73. The molecule has 0 amide bonds. The minimum atomic E-state index is -0.373. The largest absolute Gasteiger partial charge is 0.206 e. The van der Waals surface area contributed by atoms with Crippen LogP contribution in [-0.4, -0.2) is 0 Å². The maximum absolute atomic E-state index is 13.7. The van der Waals surface area contributed by atoms with Crippen molar-refractivity contribution in [1.29, 1.82) is 5.26 Å². The molecule has 154 valence electrons. The summed E-state index contributed by atoms with van der Waals surface area (Å²) in [4.78, 5) is 0. The fourth-order valence-electron chi connectivity index (χ4n) is 5.87. The second-order valence-electron chi connectivity index (χ2n) is 9.52. The van der Waals surface area contributed by atoms with Crippen molar-refractivity contribution in [2.45, 2.75) is 96.8 Å². The number of nitriles is 1. The fraction of sp³-hybridized carbons (Fsp3) is 0.731. The Bertz CT molecular complexity index is 630. The molecule has 0 bridgehead atoms. The van der Waals surface area contributed by atoms with E-state index in [1.54, 1.807) is 12.1 Å². The molecule has 28 heavy (non-hydrogen) atoms. The lowest BCUT2D eigenvalue weighted by Crippen LogP contribution is -2.25. The van der Waals surface area contributed by atoms with E-state index in [1.165, 1.54) is 77.0 Å². The molecule has 0 N–H and O–H groups in total. The molecule has 2 aliphatic carbocycles. The molecular weight excluding hydrogens is 345 g/mol. The molecule has 2 heteroatoms. The van der Waals surface area contributed by atoms with Gasteiger partial charge in [-0.05, 0) is 79.9 Å². The van der Waals surface area contributed by atoms with E-state index in [1.807, 2.05) is 12.1 Å². The summed E-state index contributed by atoms with van der Waals surface area (Å²) >= 11 is 0. The summed E-state index contributed by atoms with van der Waals surface area (Å²) in [6.07, 6.45) is 19.3. The Labute approximate surface area is 171 Å². The van der Waals surface area contributed by atoms with Crippen LogP contribution in [0.5, 0.6) is 0 Å². The Morgan fingerprint density at radius 2 is 1.50 bits per heavy atom. The Kier molecular flexibility index (Phi) is 8.38. The summed E-state index contributed by atoms with van der Waals surface area (Å²) < 4.78 is 13.7. The van der Waals surface area contributed by atoms with E-state index in [-0.39, 0.29) is 11.4 Å². The molecule has 2 aliphatic rings. The number of unbranched alkanes of at least 4 members (excludes halogenated alkanes) is 1. The zero-order chi connectivity index (χ0) is 19.8. The van der Waals surface area contributed by atoms with Gasteiger partial charge in [-0.15, -0.1) is 0 Å². The van der Waals surface area contributed by atoms with Crippen molar-refractivity contribution in [3.05, 3.63) is 35.1 Å². The van der Waals surface area contributed by atoms with Crippen LogP contribution in [-0.2, 0) is 6.42 Å². The van der Waals surface area contributed by atoms with Crippen LogP contribution in [0.3, 0.4) is 0 Å². The molecular formula is C26H38FN. The van der Waals surface area contributed by atoms with E-state index in [4.69, 9.17) is 5.26 Å². The standard InChI is InChI=1S/C26H38FN/c1-2-5-20-8-13-23(14-9-20)24-15-10-21(11-16-24)6-3-4-7-22-12-17-25(19-28)26(27)18-22/h12,17-18,20-21,23-24H,2-11,13-16H2,1H3/t20-,21-,23-,24-. The monoisotopic (exact) mass is 383 g/mol. The van der Waals surface area contributed by atoms with Gasteiger partial charge in [0, 0.05) is 0 Å². The van der Waals surface area contributed by atoms with Crippen LogP contribution in [0.2, 0.25) is 0 Å². The Morgan fingerprint density at radius 1 is 0.893 bits per heavy atom. The Morgan fingerprint density at radius 3 is 2.04 bits per heavy atom. The number of aryl methyl sites for hydroxylation is 1. The summed E-state index contributed by atoms with van der Waals surface area (Å²) in [7, 11) is 0. The predicted octanol–water partition coefficient (Wildman–Crippen LogP) is 7.82. The number of benzene rings is 1. The Hall–Kier alpha value is -1.36. The first-order chi connectivity index (χ1) is 13.7. The molecule has 0 aliphatic heterocycles. The molecule has 1 aromatic carbocycles. The number of rotatable bonds is 8. The lowest BCUT2D eigenvalue weighted by atomic mass is 9.68. The van der Waals surface area contributed by atoms with Gasteiger partial charge in [-0.3, -0.25) is 0 Å². The second kappa shape index (κ2) is 11.0. The van der Waals surface area contributed by atoms with Gasteiger partial charge < -0.3 is 0 Å². The quantitative estimate of drug-likeness (QED) is 0.420. The van der Waals surface area contributed by atoms with E-state index in [9.17, 15) is 4.39 Å². The van der Waals surface area contributed by atoms with Crippen molar-refractivity contribution in [2.75, 3.05) is 0 Å². The number of nitrogens with zero attached hydrogens (tertiary/aromatic N) is 1. The van der Waals surface area contributed by atoms with E-state index < -0.39 is 0 Å². The number of halogens is 1. The molecule has 0 aromatic heterocycles. The van der Waals surface area contributed by atoms with E-state index in [0.717, 1.165) is 42.1 Å². The number of hydrogen-bond acceptors (Lipinski definition) is 1. The van der Waals surface area contributed by atoms with Gasteiger partial charge in [-0.25, -0.2) is 4.39 Å². The van der Waals surface area contributed by atoms with Crippen LogP contribution in [0.4, 0.5) is 4.39 Å². The van der Waals surface area contributed by atoms with Gasteiger partial charge in [-0.2, -0.15) is 5.26 Å². The molecule has 2 fully saturated rings. The normalized spacial score (nSPS) is 28.0. The predicted molar refractivity (Wildman–Crippen MR) is 114 cm³/mol. The minimum absolute atomic E-state index is 0.152. The molecule has 0 saturated heterocycles. The third-order valence-corrected chi connectivity index (χ3v) is 7.63. The molecule has 0 atom stereocenters. The SMILES string of the molecule is CCC[C@H]1CC[C@H]([C@H]2CC[C@H](CCCCc3ccc(C#N)c(F)c3)CC2)CC1. The lowest BCUT2D eigenvalue weighted by molar-refractivity contribution is 0.140. The van der Waals surface area contributed by atoms with Gasteiger partial charge in [0.15, 0.2) is 0 Å². The van der Waals surface area contributed by atoms with Crippen molar-refractivity contribution < 1.29 is 4.39 Å². The van der Waals surface area contributed by atoms with Crippen LogP contribution in [0.15, 0.2) is 18.2 Å². The summed E-state index contributed by atoms with van der Waals surface area (Å²) in [5.41, 5.74) is 1.18. The van der Waals surface area contributed by atoms with E-state index >= 15 is 0 Å². The van der Waals surface area contributed by atoms with E-state index in [2.05, 4.69) is 6.92 Å². The van der Waals surface area contributed by atoms with Gasteiger partial charge in [0.05, 0.1) is 5.56 Å². The summed E-state index contributed by atoms with van der Waals surface area (Å²) in [5.74, 6) is 3.62. The second-order valence-corrected chi connectivity index (χ2v) is 9.52. The zero-order valence-electron chi connectivity index (χ0n) is 17.8. The first-order valence-electron chi connectivity index (χ1n) is 11.9. The molecule has 2 saturated carbocycles. The third kappa shape index (κ3) is 6.07. The van der Waals surface area contributed by atoms with Crippen LogP contribution in [0, 0.1) is 40.8 Å². The highest BCUT2D eigenvalue weighted by molar-refractivity contribution is 5.33. The van der Waals surface area contributed by atoms with Crippen LogP contribution >= 0.6 is 0 Å². The molecule has 1 aromatic rings. The smallest absolute Gasteiger partial charge is 0.141 e. The third-order valence-electron chi connectivity index (χ3n) is 7.63. The van der Waals surface area contributed by atoms with Crippen molar-refractivity contribution >= 4 is 0 Å². The first-order valence-corrected chi connectivity index (χ1v) is 11.9. The Balaban J connectivity index is 1.30. The molecule has 0 heterocycles. The van der Waals surface area contributed by atoms with Gasteiger partial charge in [0.1, 0.15) is 11.9 Å². The zero-order valence-corrected chi connectivity index (χ0v) is 17.8. The van der Waals surface area contributed by atoms with Crippen molar-refractivity contribution in [3.63, 3.8) is 0 Å².